The molecule has 21 heavy (non-hydrogen) atoms. The maximum atomic E-state index is 11.8. The van der Waals surface area contributed by atoms with Crippen LogP contribution in [-0.2, 0) is 20.8 Å². The summed E-state index contributed by atoms with van der Waals surface area (Å²) in [5.74, 6) is -0.243. The van der Waals surface area contributed by atoms with Gasteiger partial charge in [-0.3, -0.25) is 4.79 Å². The van der Waals surface area contributed by atoms with Crippen molar-refractivity contribution < 1.29 is 19.5 Å². The van der Waals surface area contributed by atoms with Crippen molar-refractivity contribution in [3.63, 3.8) is 0 Å². The fraction of sp³-hybridized carbons (Fsp3) is 0.533. The zero-order valence-corrected chi connectivity index (χ0v) is 12.6. The molecule has 0 fully saturated rings. The van der Waals surface area contributed by atoms with Crippen molar-refractivity contribution >= 4 is 5.97 Å². The smallest absolute Gasteiger partial charge is 0.313 e. The lowest BCUT2D eigenvalue weighted by Gasteiger charge is -2.12. The summed E-state index contributed by atoms with van der Waals surface area (Å²) in [5, 5.41) is 9.04. The number of hydrogen-bond donors (Lipinski definition) is 0. The average molecular weight is 295 g/mol. The largest absolute Gasteiger partial charge is 0.463 e. The molecule has 0 saturated carbocycles. The number of carbonyl (C=O) groups is 1. The number of benzene rings is 1. The van der Waals surface area contributed by atoms with Gasteiger partial charge in [0.2, 0.25) is 0 Å². The molecule has 0 aliphatic carbocycles. The Hall–Kier alpha value is -2.11. The minimum atomic E-state index is -0.912. The van der Waals surface area contributed by atoms with Gasteiger partial charge in [0.1, 0.15) is 13.2 Å². The van der Waals surface area contributed by atoms with Gasteiger partial charge in [-0.2, -0.15) is 0 Å². The molecule has 0 saturated heterocycles. The zero-order chi connectivity index (χ0) is 15.8. The second-order valence-electron chi connectivity index (χ2n) is 5.29. The Kier molecular flexibility index (Phi) is 6.65. The summed E-state index contributed by atoms with van der Waals surface area (Å²) in [6, 6.07) is 7.85. The van der Waals surface area contributed by atoms with Crippen LogP contribution in [0.5, 0.6) is 0 Å². The molecule has 116 valence electrons. The van der Waals surface area contributed by atoms with Crippen LogP contribution in [-0.4, -0.2) is 24.3 Å². The second-order valence-corrected chi connectivity index (χ2v) is 5.29. The highest BCUT2D eigenvalue weighted by atomic mass is 17.0. The highest BCUT2D eigenvalue weighted by Crippen LogP contribution is 2.18. The molecule has 0 aliphatic heterocycles. The minimum Gasteiger partial charge on any atom is -0.463 e. The van der Waals surface area contributed by atoms with Gasteiger partial charge in [0, 0.05) is 0 Å². The third-order valence-electron chi connectivity index (χ3n) is 3.00. The Bertz CT molecular complexity index is 469. The Balaban J connectivity index is 2.48. The van der Waals surface area contributed by atoms with E-state index in [1.807, 2.05) is 24.3 Å². The van der Waals surface area contributed by atoms with Crippen LogP contribution in [0.2, 0.25) is 0 Å². The molecule has 0 aliphatic rings. The van der Waals surface area contributed by atoms with Crippen molar-refractivity contribution in [2.45, 2.75) is 33.1 Å². The Labute approximate surface area is 124 Å². The van der Waals surface area contributed by atoms with Crippen molar-refractivity contribution in [2.75, 3.05) is 13.2 Å². The van der Waals surface area contributed by atoms with Crippen molar-refractivity contribution in [1.82, 2.24) is 0 Å². The minimum absolute atomic E-state index is 0.129. The Morgan fingerprint density at radius 1 is 1.19 bits per heavy atom. The number of rotatable bonds is 8. The maximum Gasteiger partial charge on any atom is 0.313 e. The van der Waals surface area contributed by atoms with Crippen molar-refractivity contribution in [1.29, 1.82) is 0 Å². The van der Waals surface area contributed by atoms with Crippen LogP contribution < -0.4 is 0 Å². The number of ether oxygens (including phenoxy) is 1. The number of nitrogens with zero attached hydrogens (tertiary/aromatic N) is 1. The monoisotopic (exact) mass is 295 g/mol. The fourth-order valence-electron chi connectivity index (χ4n) is 1.93. The summed E-state index contributed by atoms with van der Waals surface area (Å²) in [5.41, 5.74) is 2.09. The SMILES string of the molecule is CC(C)Cc1ccc(C(C)C(=O)OCCO[N+](=O)[O-])cc1. The highest BCUT2D eigenvalue weighted by molar-refractivity contribution is 5.77. The van der Waals surface area contributed by atoms with Gasteiger partial charge in [-0.15, -0.1) is 10.1 Å². The molecule has 0 N–H and O–H groups in total. The van der Waals surface area contributed by atoms with Gasteiger partial charge in [-0.05, 0) is 30.4 Å². The molecule has 6 nitrogen and oxygen atoms in total. The zero-order valence-electron chi connectivity index (χ0n) is 12.6. The molecule has 0 radical (unpaired) electrons. The molecule has 0 heterocycles. The van der Waals surface area contributed by atoms with Gasteiger partial charge < -0.3 is 9.57 Å². The third-order valence-corrected chi connectivity index (χ3v) is 3.00. The van der Waals surface area contributed by atoms with Crippen LogP contribution in [0.25, 0.3) is 0 Å². The van der Waals surface area contributed by atoms with Crippen molar-refractivity contribution in [3.05, 3.63) is 45.5 Å². The normalized spacial score (nSPS) is 12.0. The average Bonchev–Trinajstić information content (AvgIpc) is 2.42. The van der Waals surface area contributed by atoms with E-state index in [4.69, 9.17) is 4.74 Å². The highest BCUT2D eigenvalue weighted by Gasteiger charge is 2.16. The molecule has 0 spiro atoms. The molecule has 0 bridgehead atoms. The summed E-state index contributed by atoms with van der Waals surface area (Å²) >= 11 is 0. The third kappa shape index (κ3) is 6.25. The summed E-state index contributed by atoms with van der Waals surface area (Å²) in [6.45, 7) is 5.67. The van der Waals surface area contributed by atoms with Gasteiger partial charge in [0.25, 0.3) is 5.09 Å². The standard InChI is InChI=1S/C15H21NO5/c1-11(2)10-13-4-6-14(7-5-13)12(3)15(17)20-8-9-21-16(18)19/h4-7,11-12H,8-10H2,1-3H3. The molecular weight excluding hydrogens is 274 g/mol. The molecular formula is C15H21NO5. The van der Waals surface area contributed by atoms with Gasteiger partial charge in [-0.1, -0.05) is 38.1 Å². The van der Waals surface area contributed by atoms with E-state index in [0.717, 1.165) is 12.0 Å². The summed E-state index contributed by atoms with van der Waals surface area (Å²) in [4.78, 5) is 25.8. The van der Waals surface area contributed by atoms with E-state index in [-0.39, 0.29) is 13.2 Å². The second kappa shape index (κ2) is 8.24. The first-order chi connectivity index (χ1) is 9.90. The van der Waals surface area contributed by atoms with Crippen LogP contribution in [0.3, 0.4) is 0 Å². The van der Waals surface area contributed by atoms with E-state index in [0.29, 0.717) is 5.92 Å². The fourth-order valence-corrected chi connectivity index (χ4v) is 1.93. The maximum absolute atomic E-state index is 11.8. The number of esters is 1. The van der Waals surface area contributed by atoms with E-state index in [9.17, 15) is 14.9 Å². The molecule has 1 aromatic rings. The number of hydrogen-bond acceptors (Lipinski definition) is 5. The van der Waals surface area contributed by atoms with Crippen LogP contribution in [0, 0.1) is 16.0 Å². The predicted octanol–water partition coefficient (Wildman–Crippen LogP) is 2.74. The van der Waals surface area contributed by atoms with E-state index < -0.39 is 17.0 Å². The van der Waals surface area contributed by atoms with E-state index in [2.05, 4.69) is 18.7 Å². The Morgan fingerprint density at radius 3 is 2.33 bits per heavy atom. The van der Waals surface area contributed by atoms with E-state index in [1.165, 1.54) is 5.56 Å². The summed E-state index contributed by atoms with van der Waals surface area (Å²) < 4.78 is 4.94. The molecule has 0 amide bonds. The van der Waals surface area contributed by atoms with Crippen LogP contribution in [0.4, 0.5) is 0 Å². The summed E-state index contributed by atoms with van der Waals surface area (Å²) in [7, 11) is 0. The molecule has 1 unspecified atom stereocenters. The predicted molar refractivity (Wildman–Crippen MR) is 77.3 cm³/mol. The lowest BCUT2D eigenvalue weighted by atomic mass is 9.97. The first-order valence-corrected chi connectivity index (χ1v) is 6.93. The molecule has 0 aromatic heterocycles. The van der Waals surface area contributed by atoms with E-state index in [1.54, 1.807) is 6.92 Å². The van der Waals surface area contributed by atoms with Crippen LogP contribution in [0.15, 0.2) is 24.3 Å². The van der Waals surface area contributed by atoms with E-state index >= 15 is 0 Å². The molecule has 1 aromatic carbocycles. The molecule has 6 heteroatoms. The lowest BCUT2D eigenvalue weighted by Crippen LogP contribution is -2.17. The van der Waals surface area contributed by atoms with Gasteiger partial charge >= 0.3 is 5.97 Å². The first-order valence-electron chi connectivity index (χ1n) is 6.93. The quantitative estimate of drug-likeness (QED) is 0.319. The number of carbonyl (C=O) groups excluding carboxylic acids is 1. The molecule has 1 rings (SSSR count). The summed E-state index contributed by atoms with van der Waals surface area (Å²) in [6.07, 6.45) is 0.997. The van der Waals surface area contributed by atoms with Crippen molar-refractivity contribution in [3.8, 4) is 0 Å². The van der Waals surface area contributed by atoms with Crippen LogP contribution >= 0.6 is 0 Å². The first kappa shape index (κ1) is 16.9. The Morgan fingerprint density at radius 2 is 1.81 bits per heavy atom. The lowest BCUT2D eigenvalue weighted by molar-refractivity contribution is -0.757. The van der Waals surface area contributed by atoms with Gasteiger partial charge in [0.15, 0.2) is 0 Å². The van der Waals surface area contributed by atoms with Crippen molar-refractivity contribution in [2.24, 2.45) is 5.92 Å². The topological polar surface area (TPSA) is 78.7 Å². The van der Waals surface area contributed by atoms with Gasteiger partial charge in [-0.25, -0.2) is 0 Å². The van der Waals surface area contributed by atoms with Crippen LogP contribution in [0.1, 0.15) is 37.8 Å². The molecule has 1 atom stereocenters. The van der Waals surface area contributed by atoms with Gasteiger partial charge in [0.05, 0.1) is 5.92 Å².